The molecule has 1 aliphatic carbocycles. The van der Waals surface area contributed by atoms with Gasteiger partial charge in [0, 0.05) is 5.88 Å². The molecule has 1 aromatic carbocycles. The van der Waals surface area contributed by atoms with Crippen molar-refractivity contribution in [2.24, 2.45) is 5.92 Å². The fraction of sp³-hybridized carbons (Fsp3) is 0.600. The maximum Gasteiger partial charge on any atom is 0.191 e. The van der Waals surface area contributed by atoms with Crippen LogP contribution in [-0.2, 0) is 5.88 Å². The number of hydrogen-bond donors (Lipinski definition) is 0. The molecule has 0 bridgehead atoms. The van der Waals surface area contributed by atoms with Gasteiger partial charge in [-0.15, -0.1) is 11.6 Å². The van der Waals surface area contributed by atoms with E-state index in [1.165, 1.54) is 18.6 Å². The SMILES string of the molecule is CCC1CCCCC1Oc1c(F)cc(CCl)cc1F. The van der Waals surface area contributed by atoms with E-state index in [1.807, 2.05) is 0 Å². The zero-order valence-electron chi connectivity index (χ0n) is 11.1. The van der Waals surface area contributed by atoms with Crippen LogP contribution in [0.3, 0.4) is 0 Å². The van der Waals surface area contributed by atoms with Crippen molar-refractivity contribution in [1.82, 2.24) is 0 Å². The van der Waals surface area contributed by atoms with E-state index in [0.29, 0.717) is 11.5 Å². The Morgan fingerprint density at radius 1 is 1.21 bits per heavy atom. The van der Waals surface area contributed by atoms with Gasteiger partial charge in [-0.2, -0.15) is 0 Å². The maximum atomic E-state index is 13.9. The lowest BCUT2D eigenvalue weighted by Crippen LogP contribution is -2.30. The maximum absolute atomic E-state index is 13.9. The van der Waals surface area contributed by atoms with Crippen molar-refractivity contribution in [3.63, 3.8) is 0 Å². The normalized spacial score (nSPS) is 23.4. The summed E-state index contributed by atoms with van der Waals surface area (Å²) in [5, 5.41) is 0. The molecule has 2 unspecified atom stereocenters. The number of benzene rings is 1. The number of halogens is 3. The second kappa shape index (κ2) is 6.56. The summed E-state index contributed by atoms with van der Waals surface area (Å²) in [7, 11) is 0. The van der Waals surface area contributed by atoms with Gasteiger partial charge in [0.15, 0.2) is 17.4 Å². The van der Waals surface area contributed by atoms with Gasteiger partial charge < -0.3 is 4.74 Å². The third-order valence-electron chi connectivity index (χ3n) is 3.85. The van der Waals surface area contributed by atoms with Gasteiger partial charge in [-0.05, 0) is 49.3 Å². The number of ether oxygens (including phenoxy) is 1. The Hall–Kier alpha value is -0.830. The molecule has 1 fully saturated rings. The smallest absolute Gasteiger partial charge is 0.191 e. The Morgan fingerprint density at radius 2 is 1.84 bits per heavy atom. The topological polar surface area (TPSA) is 9.23 Å². The summed E-state index contributed by atoms with van der Waals surface area (Å²) in [6.45, 7) is 2.09. The summed E-state index contributed by atoms with van der Waals surface area (Å²) in [6, 6.07) is 2.49. The Labute approximate surface area is 117 Å². The highest BCUT2D eigenvalue weighted by molar-refractivity contribution is 6.17. The molecule has 19 heavy (non-hydrogen) atoms. The minimum atomic E-state index is -0.656. The lowest BCUT2D eigenvalue weighted by Gasteiger charge is -2.31. The minimum Gasteiger partial charge on any atom is -0.484 e. The Morgan fingerprint density at radius 3 is 2.42 bits per heavy atom. The van der Waals surface area contributed by atoms with Crippen LogP contribution >= 0.6 is 11.6 Å². The highest BCUT2D eigenvalue weighted by Gasteiger charge is 2.27. The second-order valence-corrected chi connectivity index (χ2v) is 5.40. The van der Waals surface area contributed by atoms with Crippen molar-refractivity contribution in [2.75, 3.05) is 0 Å². The first-order valence-electron chi connectivity index (χ1n) is 6.86. The molecule has 4 heteroatoms. The lowest BCUT2D eigenvalue weighted by atomic mass is 9.85. The molecule has 1 aromatic rings. The van der Waals surface area contributed by atoms with Crippen molar-refractivity contribution < 1.29 is 13.5 Å². The summed E-state index contributed by atoms with van der Waals surface area (Å²) in [4.78, 5) is 0. The zero-order chi connectivity index (χ0) is 13.8. The highest BCUT2D eigenvalue weighted by Crippen LogP contribution is 2.33. The molecule has 106 valence electrons. The van der Waals surface area contributed by atoms with E-state index in [1.54, 1.807) is 0 Å². The first-order chi connectivity index (χ1) is 9.15. The average molecular weight is 289 g/mol. The van der Waals surface area contributed by atoms with Crippen molar-refractivity contribution in [1.29, 1.82) is 0 Å². The molecule has 0 aliphatic heterocycles. The molecule has 1 nitrogen and oxygen atoms in total. The summed E-state index contributed by atoms with van der Waals surface area (Å²) in [5.74, 6) is -1.08. The van der Waals surface area contributed by atoms with Gasteiger partial charge in [0.25, 0.3) is 0 Å². The van der Waals surface area contributed by atoms with Crippen LogP contribution in [0.25, 0.3) is 0 Å². The van der Waals surface area contributed by atoms with Crippen molar-refractivity contribution >= 4 is 11.6 Å². The van der Waals surface area contributed by atoms with E-state index >= 15 is 0 Å². The van der Waals surface area contributed by atoms with E-state index < -0.39 is 11.6 Å². The molecular weight excluding hydrogens is 270 g/mol. The van der Waals surface area contributed by atoms with Crippen LogP contribution in [0.4, 0.5) is 8.78 Å². The molecule has 2 rings (SSSR count). The predicted molar refractivity (Wildman–Crippen MR) is 72.6 cm³/mol. The van der Waals surface area contributed by atoms with Crippen LogP contribution in [0.1, 0.15) is 44.6 Å². The molecule has 1 aliphatic rings. The Balaban J connectivity index is 2.18. The summed E-state index contributed by atoms with van der Waals surface area (Å²) in [5.41, 5.74) is 0.430. The molecule has 0 saturated heterocycles. The molecule has 1 saturated carbocycles. The highest BCUT2D eigenvalue weighted by atomic mass is 35.5. The first-order valence-corrected chi connectivity index (χ1v) is 7.39. The van der Waals surface area contributed by atoms with Crippen LogP contribution in [0.5, 0.6) is 5.75 Å². The number of alkyl halides is 1. The van der Waals surface area contributed by atoms with Gasteiger partial charge in [-0.25, -0.2) is 8.78 Å². The predicted octanol–water partition coefficient (Wildman–Crippen LogP) is 5.05. The van der Waals surface area contributed by atoms with Crippen molar-refractivity contribution in [2.45, 2.75) is 51.0 Å². The van der Waals surface area contributed by atoms with Gasteiger partial charge >= 0.3 is 0 Å². The molecule has 0 spiro atoms. The van der Waals surface area contributed by atoms with Crippen LogP contribution in [0.15, 0.2) is 12.1 Å². The fourth-order valence-corrected chi connectivity index (χ4v) is 2.90. The Bertz CT molecular complexity index is 413. The molecule has 0 N–H and O–H groups in total. The molecule has 0 aromatic heterocycles. The standard InChI is InChI=1S/C15H19ClF2O/c1-2-11-5-3-4-6-14(11)19-15-12(17)7-10(9-16)8-13(15)18/h7-8,11,14H,2-6,9H2,1H3. The molecule has 0 radical (unpaired) electrons. The van der Waals surface area contributed by atoms with Gasteiger partial charge in [0.05, 0.1) is 0 Å². The van der Waals surface area contributed by atoms with E-state index in [4.69, 9.17) is 16.3 Å². The Kier molecular flexibility index (Phi) is 5.03. The minimum absolute atomic E-state index is 0.0791. The van der Waals surface area contributed by atoms with Crippen LogP contribution < -0.4 is 4.74 Å². The second-order valence-electron chi connectivity index (χ2n) is 5.13. The summed E-state index contributed by atoms with van der Waals surface area (Å²) >= 11 is 5.59. The third kappa shape index (κ3) is 3.38. The van der Waals surface area contributed by atoms with Crippen LogP contribution in [-0.4, -0.2) is 6.10 Å². The van der Waals surface area contributed by atoms with E-state index in [9.17, 15) is 8.78 Å². The van der Waals surface area contributed by atoms with E-state index in [-0.39, 0.29) is 17.7 Å². The van der Waals surface area contributed by atoms with Crippen molar-refractivity contribution in [3.8, 4) is 5.75 Å². The molecule has 0 amide bonds. The molecular formula is C15H19ClF2O. The average Bonchev–Trinajstić information content (AvgIpc) is 2.43. The first kappa shape index (κ1) is 14.6. The van der Waals surface area contributed by atoms with Gasteiger partial charge in [-0.1, -0.05) is 13.3 Å². The molecule has 2 atom stereocenters. The summed E-state index contributed by atoms with van der Waals surface area (Å²) < 4.78 is 33.3. The number of rotatable bonds is 4. The third-order valence-corrected chi connectivity index (χ3v) is 4.15. The zero-order valence-corrected chi connectivity index (χ0v) is 11.9. The fourth-order valence-electron chi connectivity index (χ4n) is 2.75. The largest absolute Gasteiger partial charge is 0.484 e. The monoisotopic (exact) mass is 288 g/mol. The van der Waals surface area contributed by atoms with Gasteiger partial charge in [0.2, 0.25) is 0 Å². The van der Waals surface area contributed by atoms with Crippen molar-refractivity contribution in [3.05, 3.63) is 29.3 Å². The number of hydrogen-bond acceptors (Lipinski definition) is 1. The molecule has 0 heterocycles. The van der Waals surface area contributed by atoms with Gasteiger partial charge in [-0.3, -0.25) is 0 Å². The van der Waals surface area contributed by atoms with Crippen LogP contribution in [0.2, 0.25) is 0 Å². The van der Waals surface area contributed by atoms with Gasteiger partial charge in [0.1, 0.15) is 6.10 Å². The van der Waals surface area contributed by atoms with Crippen LogP contribution in [0, 0.1) is 17.6 Å². The quantitative estimate of drug-likeness (QED) is 0.704. The van der Waals surface area contributed by atoms with E-state index in [2.05, 4.69) is 6.92 Å². The van der Waals surface area contributed by atoms with E-state index in [0.717, 1.165) is 25.7 Å². The lowest BCUT2D eigenvalue weighted by molar-refractivity contribution is 0.0819. The summed E-state index contributed by atoms with van der Waals surface area (Å²) in [6.07, 6.45) is 5.08.